The predicted molar refractivity (Wildman–Crippen MR) is 124 cm³/mol. The highest BCUT2D eigenvalue weighted by molar-refractivity contribution is 9.10. The van der Waals surface area contributed by atoms with Crippen LogP contribution in [-0.2, 0) is 11.3 Å². The number of halogens is 2. The van der Waals surface area contributed by atoms with Crippen molar-refractivity contribution in [3.63, 3.8) is 0 Å². The zero-order valence-corrected chi connectivity index (χ0v) is 18.9. The maximum atomic E-state index is 12.2. The highest BCUT2D eigenvalue weighted by Crippen LogP contribution is 2.27. The minimum atomic E-state index is -0.236. The molecule has 0 aliphatic carbocycles. The monoisotopic (exact) mass is 501 g/mol. The van der Waals surface area contributed by atoms with Crippen molar-refractivity contribution in [1.82, 2.24) is 10.3 Å². The Balaban J connectivity index is 1.40. The number of aromatic nitrogens is 1. The molecule has 0 fully saturated rings. The summed E-state index contributed by atoms with van der Waals surface area (Å²) in [5, 5.41) is 6.23. The number of nitrogens with one attached hydrogen (secondary N) is 2. The van der Waals surface area contributed by atoms with Gasteiger partial charge >= 0.3 is 0 Å². The first kappa shape index (κ1) is 22.8. The van der Waals surface area contributed by atoms with E-state index >= 15 is 0 Å². The zero-order chi connectivity index (χ0) is 22.1. The van der Waals surface area contributed by atoms with Crippen LogP contribution >= 0.6 is 27.5 Å². The fourth-order valence-corrected chi connectivity index (χ4v) is 3.48. The van der Waals surface area contributed by atoms with Crippen molar-refractivity contribution in [3.8, 4) is 5.75 Å². The van der Waals surface area contributed by atoms with Gasteiger partial charge in [-0.3, -0.25) is 14.6 Å². The lowest BCUT2D eigenvalue weighted by atomic mass is 10.2. The summed E-state index contributed by atoms with van der Waals surface area (Å²) in [6.07, 6.45) is 4.03. The van der Waals surface area contributed by atoms with Crippen LogP contribution < -0.4 is 15.4 Å². The molecular formula is C23H21BrClN3O3. The fourth-order valence-electron chi connectivity index (χ4n) is 2.76. The van der Waals surface area contributed by atoms with Crippen LogP contribution in [0.5, 0.6) is 5.75 Å². The van der Waals surface area contributed by atoms with Gasteiger partial charge < -0.3 is 15.4 Å². The third kappa shape index (κ3) is 7.38. The third-order valence-electron chi connectivity index (χ3n) is 4.30. The van der Waals surface area contributed by atoms with E-state index < -0.39 is 0 Å². The number of hydrogen-bond acceptors (Lipinski definition) is 4. The van der Waals surface area contributed by atoms with Crippen LogP contribution in [0.25, 0.3) is 0 Å². The van der Waals surface area contributed by atoms with Crippen molar-refractivity contribution in [2.24, 2.45) is 0 Å². The van der Waals surface area contributed by atoms with Gasteiger partial charge in [-0.1, -0.05) is 39.7 Å². The van der Waals surface area contributed by atoms with E-state index in [1.54, 1.807) is 36.5 Å². The maximum absolute atomic E-state index is 12.2. The molecule has 0 saturated heterocycles. The first-order valence-corrected chi connectivity index (χ1v) is 10.8. The number of hydrogen-bond donors (Lipinski definition) is 2. The molecule has 1 heterocycles. The van der Waals surface area contributed by atoms with Gasteiger partial charge in [0, 0.05) is 35.5 Å². The Hall–Kier alpha value is -2.90. The molecule has 0 aliphatic heterocycles. The molecule has 2 aromatic carbocycles. The van der Waals surface area contributed by atoms with Crippen molar-refractivity contribution in [2.45, 2.75) is 19.4 Å². The van der Waals surface area contributed by atoms with Gasteiger partial charge in [0.05, 0.1) is 17.2 Å². The lowest BCUT2D eigenvalue weighted by Gasteiger charge is -2.10. The Morgan fingerprint density at radius 1 is 1.10 bits per heavy atom. The molecule has 8 heteroatoms. The van der Waals surface area contributed by atoms with E-state index in [9.17, 15) is 9.59 Å². The predicted octanol–water partition coefficient (Wildman–Crippen LogP) is 5.23. The molecule has 0 saturated carbocycles. The molecule has 0 aliphatic rings. The Morgan fingerprint density at radius 3 is 2.74 bits per heavy atom. The number of carbonyl (C=O) groups is 2. The molecular weight excluding hydrogens is 482 g/mol. The van der Waals surface area contributed by atoms with E-state index in [2.05, 4.69) is 31.5 Å². The number of ether oxygens (including phenoxy) is 1. The van der Waals surface area contributed by atoms with Crippen LogP contribution in [-0.4, -0.2) is 23.4 Å². The number of carbonyl (C=O) groups excluding carboxylic acids is 2. The minimum Gasteiger partial charge on any atom is -0.492 e. The van der Waals surface area contributed by atoms with Crippen LogP contribution in [0.3, 0.4) is 0 Å². The van der Waals surface area contributed by atoms with Gasteiger partial charge in [0.15, 0.2) is 0 Å². The summed E-state index contributed by atoms with van der Waals surface area (Å²) < 4.78 is 6.50. The third-order valence-corrected chi connectivity index (χ3v) is 5.09. The first-order chi connectivity index (χ1) is 15.0. The molecule has 0 spiro atoms. The Morgan fingerprint density at radius 2 is 1.97 bits per heavy atom. The number of rotatable bonds is 9. The number of pyridine rings is 1. The van der Waals surface area contributed by atoms with Crippen LogP contribution in [0, 0.1) is 0 Å². The Labute approximate surface area is 194 Å². The molecule has 0 radical (unpaired) electrons. The lowest BCUT2D eigenvalue weighted by molar-refractivity contribution is -0.121. The second kappa shape index (κ2) is 11.5. The zero-order valence-electron chi connectivity index (χ0n) is 16.6. The van der Waals surface area contributed by atoms with Crippen LogP contribution in [0.15, 0.2) is 71.5 Å². The SMILES string of the molecule is O=C(CCCOc1ccc(Br)cc1Cl)NCc1cccc(NC(=O)c2cccnc2)c1. The molecule has 0 atom stereocenters. The van der Waals surface area contributed by atoms with Crippen molar-refractivity contribution < 1.29 is 14.3 Å². The van der Waals surface area contributed by atoms with Gasteiger partial charge in [-0.25, -0.2) is 0 Å². The molecule has 2 N–H and O–H groups in total. The van der Waals surface area contributed by atoms with Crippen molar-refractivity contribution >= 4 is 45.0 Å². The summed E-state index contributed by atoms with van der Waals surface area (Å²) in [6, 6.07) is 16.1. The molecule has 31 heavy (non-hydrogen) atoms. The lowest BCUT2D eigenvalue weighted by Crippen LogP contribution is -2.23. The van der Waals surface area contributed by atoms with Crippen molar-refractivity contribution in [3.05, 3.63) is 87.6 Å². The number of amides is 2. The molecule has 3 aromatic rings. The first-order valence-electron chi connectivity index (χ1n) is 9.66. The van der Waals surface area contributed by atoms with Crippen LogP contribution in [0.4, 0.5) is 5.69 Å². The Bertz CT molecular complexity index is 1050. The normalized spacial score (nSPS) is 10.4. The summed E-state index contributed by atoms with van der Waals surface area (Å²) in [7, 11) is 0. The number of nitrogens with zero attached hydrogens (tertiary/aromatic N) is 1. The van der Waals surface area contributed by atoms with E-state index in [4.69, 9.17) is 16.3 Å². The van der Waals surface area contributed by atoms with E-state index in [0.717, 1.165) is 10.0 Å². The smallest absolute Gasteiger partial charge is 0.257 e. The molecule has 2 amide bonds. The summed E-state index contributed by atoms with van der Waals surface area (Å²) in [5.74, 6) is 0.283. The summed E-state index contributed by atoms with van der Waals surface area (Å²) in [6.45, 7) is 0.763. The fraction of sp³-hybridized carbons (Fsp3) is 0.174. The van der Waals surface area contributed by atoms with Gasteiger partial charge in [0.1, 0.15) is 5.75 Å². The van der Waals surface area contributed by atoms with Gasteiger partial charge in [0.25, 0.3) is 5.91 Å². The molecule has 1 aromatic heterocycles. The van der Waals surface area contributed by atoms with E-state index in [-0.39, 0.29) is 11.8 Å². The average molecular weight is 503 g/mol. The van der Waals surface area contributed by atoms with Crippen LogP contribution in [0.2, 0.25) is 5.02 Å². The summed E-state index contributed by atoms with van der Waals surface area (Å²) in [4.78, 5) is 28.3. The maximum Gasteiger partial charge on any atom is 0.257 e. The largest absolute Gasteiger partial charge is 0.492 e. The van der Waals surface area contributed by atoms with Gasteiger partial charge in [-0.15, -0.1) is 0 Å². The van der Waals surface area contributed by atoms with Gasteiger partial charge in [-0.05, 0) is 54.4 Å². The summed E-state index contributed by atoms with van der Waals surface area (Å²) in [5.41, 5.74) is 2.02. The second-order valence-corrected chi connectivity index (χ2v) is 8.02. The number of anilines is 1. The van der Waals surface area contributed by atoms with Gasteiger partial charge in [0.2, 0.25) is 5.91 Å². The topological polar surface area (TPSA) is 80.3 Å². The molecule has 3 rings (SSSR count). The summed E-state index contributed by atoms with van der Waals surface area (Å²) >= 11 is 9.45. The van der Waals surface area contributed by atoms with Crippen LogP contribution in [0.1, 0.15) is 28.8 Å². The molecule has 0 unspecified atom stereocenters. The minimum absolute atomic E-state index is 0.0738. The van der Waals surface area contributed by atoms with Crippen molar-refractivity contribution in [2.75, 3.05) is 11.9 Å². The molecule has 160 valence electrons. The average Bonchev–Trinajstić information content (AvgIpc) is 2.77. The Kier molecular flexibility index (Phi) is 8.44. The van der Waals surface area contributed by atoms with E-state index in [0.29, 0.717) is 48.0 Å². The standard InChI is InChI=1S/C23H21BrClN3O3/c24-18-8-9-21(20(25)13-18)31-11-3-7-22(29)27-14-16-4-1-6-19(12-16)28-23(30)17-5-2-10-26-15-17/h1-2,4-6,8-10,12-13,15H,3,7,11,14H2,(H,27,29)(H,28,30). The van der Waals surface area contributed by atoms with E-state index in [1.807, 2.05) is 24.3 Å². The van der Waals surface area contributed by atoms with E-state index in [1.165, 1.54) is 6.20 Å². The highest BCUT2D eigenvalue weighted by atomic mass is 79.9. The molecule has 6 nitrogen and oxygen atoms in total. The van der Waals surface area contributed by atoms with Gasteiger partial charge in [-0.2, -0.15) is 0 Å². The van der Waals surface area contributed by atoms with Crippen molar-refractivity contribution in [1.29, 1.82) is 0 Å². The highest BCUT2D eigenvalue weighted by Gasteiger charge is 2.07. The second-order valence-electron chi connectivity index (χ2n) is 6.70. The quantitative estimate of drug-likeness (QED) is 0.393. The number of benzene rings is 2. The molecule has 0 bridgehead atoms.